The minimum Gasteiger partial charge on any atom is -0.346 e. The number of sulfonamides is 1. The summed E-state index contributed by atoms with van der Waals surface area (Å²) < 4.78 is 61.6. The van der Waals surface area contributed by atoms with Gasteiger partial charge in [-0.1, -0.05) is 0 Å². The molecule has 0 aliphatic carbocycles. The van der Waals surface area contributed by atoms with E-state index in [2.05, 4.69) is 15.9 Å². The number of amides is 1. The number of aryl methyl sites for hydroxylation is 1. The molecule has 1 amide bonds. The van der Waals surface area contributed by atoms with Gasteiger partial charge in [-0.3, -0.25) is 4.79 Å². The van der Waals surface area contributed by atoms with Gasteiger partial charge in [0.05, 0.1) is 15.2 Å². The number of alkyl halides is 3. The van der Waals surface area contributed by atoms with Crippen molar-refractivity contribution < 1.29 is 26.4 Å². The van der Waals surface area contributed by atoms with Crippen molar-refractivity contribution in [3.63, 3.8) is 0 Å². The number of carbonyl (C=O) groups is 1. The minimum absolute atomic E-state index is 0.0190. The summed E-state index contributed by atoms with van der Waals surface area (Å²) in [6, 6.07) is 1.39. The van der Waals surface area contributed by atoms with Gasteiger partial charge in [0.1, 0.15) is 6.54 Å². The molecular weight excluding hydrogens is 397 g/mol. The quantitative estimate of drug-likeness (QED) is 0.811. The van der Waals surface area contributed by atoms with E-state index in [0.29, 0.717) is 13.0 Å². The van der Waals surface area contributed by atoms with Crippen LogP contribution < -0.4 is 5.32 Å². The summed E-state index contributed by atoms with van der Waals surface area (Å²) in [7, 11) is -2.79. The normalized spacial score (nSPS) is 12.7. The van der Waals surface area contributed by atoms with Crippen molar-refractivity contribution in [1.82, 2.24) is 9.62 Å². The Kier molecular flexibility index (Phi) is 5.81. The van der Waals surface area contributed by atoms with Crippen molar-refractivity contribution in [3.05, 3.63) is 14.7 Å². The lowest BCUT2D eigenvalue weighted by Crippen LogP contribution is -2.41. The van der Waals surface area contributed by atoms with E-state index in [1.807, 2.05) is 0 Å². The zero-order valence-corrected chi connectivity index (χ0v) is 14.2. The van der Waals surface area contributed by atoms with Gasteiger partial charge in [0.2, 0.25) is 15.9 Å². The SMILES string of the molecule is Cc1sc(Br)cc1S(=O)(=O)N(C)CC(=O)NCC(F)(F)F. The minimum atomic E-state index is -4.54. The Labute approximate surface area is 132 Å². The first kappa shape index (κ1) is 18.4. The van der Waals surface area contributed by atoms with Crippen LogP contribution in [-0.4, -0.2) is 44.9 Å². The van der Waals surface area contributed by atoms with E-state index in [4.69, 9.17) is 0 Å². The molecule has 1 rings (SSSR count). The summed E-state index contributed by atoms with van der Waals surface area (Å²) in [6.07, 6.45) is -4.54. The average molecular weight is 409 g/mol. The standard InChI is InChI=1S/C10H12BrF3N2O3S2/c1-6-7(3-8(11)20-6)21(18,19)16(2)4-9(17)15-5-10(12,13)14/h3H,4-5H2,1-2H3,(H,15,17). The molecule has 5 nitrogen and oxygen atoms in total. The summed E-state index contributed by atoms with van der Waals surface area (Å²) >= 11 is 4.36. The number of hydrogen-bond donors (Lipinski definition) is 1. The van der Waals surface area contributed by atoms with Crippen LogP contribution in [-0.2, 0) is 14.8 Å². The molecule has 21 heavy (non-hydrogen) atoms. The number of rotatable bonds is 5. The van der Waals surface area contributed by atoms with Crippen LogP contribution in [0.3, 0.4) is 0 Å². The van der Waals surface area contributed by atoms with Gasteiger partial charge in [-0.15, -0.1) is 11.3 Å². The molecule has 0 radical (unpaired) electrons. The fraction of sp³-hybridized carbons (Fsp3) is 0.500. The number of nitrogens with zero attached hydrogens (tertiary/aromatic N) is 1. The highest BCUT2D eigenvalue weighted by Crippen LogP contribution is 2.31. The van der Waals surface area contributed by atoms with Crippen molar-refractivity contribution in [2.24, 2.45) is 0 Å². The van der Waals surface area contributed by atoms with Crippen LogP contribution >= 0.6 is 27.3 Å². The van der Waals surface area contributed by atoms with Crippen LogP contribution in [0.25, 0.3) is 0 Å². The molecule has 0 bridgehead atoms. The van der Waals surface area contributed by atoms with Crippen LogP contribution in [0.5, 0.6) is 0 Å². The molecule has 0 aromatic carbocycles. The Morgan fingerprint density at radius 3 is 2.48 bits per heavy atom. The Hall–Kier alpha value is -0.650. The van der Waals surface area contributed by atoms with Gasteiger partial charge in [0.15, 0.2) is 0 Å². The van der Waals surface area contributed by atoms with Crippen LogP contribution in [0.4, 0.5) is 13.2 Å². The van der Waals surface area contributed by atoms with E-state index in [0.717, 1.165) is 7.05 Å². The average Bonchev–Trinajstić information content (AvgIpc) is 2.65. The summed E-state index contributed by atoms with van der Waals surface area (Å²) in [6.45, 7) is -0.589. The third-order valence-electron chi connectivity index (χ3n) is 2.38. The topological polar surface area (TPSA) is 66.5 Å². The van der Waals surface area contributed by atoms with E-state index in [9.17, 15) is 26.4 Å². The van der Waals surface area contributed by atoms with E-state index >= 15 is 0 Å². The predicted molar refractivity (Wildman–Crippen MR) is 75.6 cm³/mol. The Balaban J connectivity index is 2.77. The molecule has 0 aliphatic rings. The van der Waals surface area contributed by atoms with Crippen molar-refractivity contribution in [3.8, 4) is 0 Å². The molecule has 1 heterocycles. The highest BCUT2D eigenvalue weighted by Gasteiger charge is 2.30. The lowest BCUT2D eigenvalue weighted by Gasteiger charge is -2.17. The third kappa shape index (κ3) is 5.24. The third-order valence-corrected chi connectivity index (χ3v) is 5.99. The van der Waals surface area contributed by atoms with Crippen LogP contribution in [0, 0.1) is 6.92 Å². The summed E-state index contributed by atoms with van der Waals surface area (Å²) in [4.78, 5) is 11.9. The largest absolute Gasteiger partial charge is 0.405 e. The summed E-state index contributed by atoms with van der Waals surface area (Å²) in [5, 5.41) is 1.62. The van der Waals surface area contributed by atoms with Crippen molar-refractivity contribution in [1.29, 1.82) is 0 Å². The molecule has 0 saturated heterocycles. The molecule has 1 aromatic rings. The molecule has 0 unspecified atom stereocenters. The Morgan fingerprint density at radius 1 is 1.48 bits per heavy atom. The van der Waals surface area contributed by atoms with Gasteiger partial charge in [-0.2, -0.15) is 17.5 Å². The zero-order valence-electron chi connectivity index (χ0n) is 11.0. The van der Waals surface area contributed by atoms with Gasteiger partial charge < -0.3 is 5.32 Å². The van der Waals surface area contributed by atoms with Crippen LogP contribution in [0.15, 0.2) is 14.7 Å². The highest BCUT2D eigenvalue weighted by molar-refractivity contribution is 9.11. The van der Waals surface area contributed by atoms with Gasteiger partial charge in [-0.25, -0.2) is 8.42 Å². The number of carbonyl (C=O) groups excluding carboxylic acids is 1. The smallest absolute Gasteiger partial charge is 0.346 e. The lowest BCUT2D eigenvalue weighted by molar-refractivity contribution is -0.138. The van der Waals surface area contributed by atoms with Gasteiger partial charge >= 0.3 is 6.18 Å². The molecular formula is C10H12BrF3N2O3S2. The molecule has 0 spiro atoms. The maximum Gasteiger partial charge on any atom is 0.405 e. The first-order valence-electron chi connectivity index (χ1n) is 5.49. The van der Waals surface area contributed by atoms with Gasteiger partial charge in [0, 0.05) is 11.9 Å². The second-order valence-corrected chi connectivity index (χ2v) is 8.77. The molecule has 1 N–H and O–H groups in total. The molecule has 0 atom stereocenters. The van der Waals surface area contributed by atoms with Crippen molar-refractivity contribution in [2.75, 3.05) is 20.1 Å². The molecule has 0 saturated carbocycles. The fourth-order valence-electron chi connectivity index (χ4n) is 1.40. The Morgan fingerprint density at radius 2 is 2.05 bits per heavy atom. The number of hydrogen-bond acceptors (Lipinski definition) is 4. The Bertz CT molecular complexity index is 628. The van der Waals surface area contributed by atoms with Crippen LogP contribution in [0.1, 0.15) is 4.88 Å². The van der Waals surface area contributed by atoms with Crippen molar-refractivity contribution >= 4 is 43.2 Å². The van der Waals surface area contributed by atoms with E-state index in [1.165, 1.54) is 17.4 Å². The molecule has 1 aromatic heterocycles. The van der Waals surface area contributed by atoms with Crippen molar-refractivity contribution in [2.45, 2.75) is 18.0 Å². The number of likely N-dealkylation sites (N-methyl/N-ethyl adjacent to an activating group) is 1. The maximum absolute atomic E-state index is 12.2. The molecule has 0 fully saturated rings. The molecule has 11 heteroatoms. The van der Waals surface area contributed by atoms with E-state index in [-0.39, 0.29) is 4.90 Å². The highest BCUT2D eigenvalue weighted by atomic mass is 79.9. The number of nitrogens with one attached hydrogen (secondary N) is 1. The second-order valence-electron chi connectivity index (χ2n) is 4.12. The number of thiophene rings is 1. The molecule has 0 aliphatic heterocycles. The first-order valence-corrected chi connectivity index (χ1v) is 8.54. The molecule has 120 valence electrons. The van der Waals surface area contributed by atoms with Crippen LogP contribution in [0.2, 0.25) is 0 Å². The zero-order chi connectivity index (χ0) is 16.4. The van der Waals surface area contributed by atoms with Gasteiger partial charge in [-0.05, 0) is 28.9 Å². The monoisotopic (exact) mass is 408 g/mol. The van der Waals surface area contributed by atoms with E-state index < -0.39 is 35.2 Å². The number of halogens is 4. The maximum atomic E-state index is 12.2. The first-order chi connectivity index (χ1) is 9.43. The predicted octanol–water partition coefficient (Wildman–Crippen LogP) is 2.12. The van der Waals surface area contributed by atoms with Gasteiger partial charge in [0.25, 0.3) is 0 Å². The van der Waals surface area contributed by atoms with E-state index in [1.54, 1.807) is 12.2 Å². The summed E-state index contributed by atoms with van der Waals surface area (Å²) in [5.41, 5.74) is 0. The summed E-state index contributed by atoms with van der Waals surface area (Å²) in [5.74, 6) is -1.02. The lowest BCUT2D eigenvalue weighted by atomic mass is 10.5. The fourth-order valence-corrected chi connectivity index (χ4v) is 4.90. The second kappa shape index (κ2) is 6.63.